The van der Waals surface area contributed by atoms with Gasteiger partial charge in [-0.3, -0.25) is 0 Å². The Morgan fingerprint density at radius 2 is 2.18 bits per heavy atom. The molecule has 11 heteroatoms. The van der Waals surface area contributed by atoms with Gasteiger partial charge in [0.15, 0.2) is 0 Å². The molecule has 2 rings (SSSR count). The van der Waals surface area contributed by atoms with Crippen LogP contribution in [-0.2, 0) is 0 Å². The predicted octanol–water partition coefficient (Wildman–Crippen LogP) is 2.21. The molecule has 0 aliphatic heterocycles. The summed E-state index contributed by atoms with van der Waals surface area (Å²) >= 11 is 0. The van der Waals surface area contributed by atoms with Crippen LogP contribution in [0, 0.1) is 17.1 Å². The lowest BCUT2D eigenvalue weighted by atomic mass is 10.2. The van der Waals surface area contributed by atoms with Gasteiger partial charge in [0.25, 0.3) is 0 Å². The molecule has 1 aromatic heterocycles. The van der Waals surface area contributed by atoms with E-state index < -0.39 is 17.9 Å². The van der Waals surface area contributed by atoms with Crippen LogP contribution in [0.15, 0.2) is 24.4 Å². The summed E-state index contributed by atoms with van der Waals surface area (Å²) in [6.45, 7) is 0. The third-order valence-corrected chi connectivity index (χ3v) is 2.25. The van der Waals surface area contributed by atoms with Crippen LogP contribution < -0.4 is 10.1 Å². The number of aromatic nitrogens is 4. The fraction of sp³-hybridized carbons (Fsp3) is 0.0909. The van der Waals surface area contributed by atoms with E-state index in [-0.39, 0.29) is 17.1 Å². The van der Waals surface area contributed by atoms with Gasteiger partial charge in [0.05, 0.1) is 5.69 Å². The Labute approximate surface area is 120 Å². The summed E-state index contributed by atoms with van der Waals surface area (Å²) in [4.78, 5) is 0. The molecule has 114 valence electrons. The molecule has 0 saturated carbocycles. The average molecular weight is 314 g/mol. The van der Waals surface area contributed by atoms with Crippen LogP contribution in [0.4, 0.5) is 23.2 Å². The highest BCUT2D eigenvalue weighted by atomic mass is 19.4. The minimum Gasteiger partial charge on any atom is -0.406 e. The lowest BCUT2D eigenvalue weighted by molar-refractivity contribution is -0.274. The van der Waals surface area contributed by atoms with E-state index in [4.69, 9.17) is 5.26 Å². The number of tetrazole rings is 1. The monoisotopic (exact) mass is 314 g/mol. The van der Waals surface area contributed by atoms with Crippen molar-refractivity contribution in [2.24, 2.45) is 0 Å². The van der Waals surface area contributed by atoms with Crippen molar-refractivity contribution in [1.29, 1.82) is 5.26 Å². The molecule has 0 spiro atoms. The van der Waals surface area contributed by atoms with Crippen LogP contribution in [0.1, 0.15) is 5.82 Å². The van der Waals surface area contributed by atoms with Gasteiger partial charge in [-0.2, -0.15) is 10.5 Å². The summed E-state index contributed by atoms with van der Waals surface area (Å²) in [5, 5.41) is 23.7. The molecule has 1 heterocycles. The van der Waals surface area contributed by atoms with E-state index in [0.29, 0.717) is 0 Å². The highest BCUT2D eigenvalue weighted by Gasteiger charge is 2.31. The van der Waals surface area contributed by atoms with Crippen molar-refractivity contribution in [2.45, 2.75) is 6.36 Å². The first-order valence-corrected chi connectivity index (χ1v) is 5.55. The zero-order valence-electron chi connectivity index (χ0n) is 10.5. The quantitative estimate of drug-likeness (QED) is 0.663. The van der Waals surface area contributed by atoms with Crippen molar-refractivity contribution in [2.75, 3.05) is 5.32 Å². The molecule has 0 fully saturated rings. The van der Waals surface area contributed by atoms with Gasteiger partial charge in [-0.15, -0.1) is 23.4 Å². The van der Waals surface area contributed by atoms with Gasteiger partial charge in [0, 0.05) is 12.3 Å². The highest BCUT2D eigenvalue weighted by molar-refractivity contribution is 5.74. The second-order valence-corrected chi connectivity index (χ2v) is 3.74. The lowest BCUT2D eigenvalue weighted by Crippen LogP contribution is -2.17. The molecule has 0 aliphatic carbocycles. The van der Waals surface area contributed by atoms with Gasteiger partial charge in [-0.25, -0.2) is 4.39 Å². The molecule has 0 atom stereocenters. The van der Waals surface area contributed by atoms with Crippen LogP contribution >= 0.6 is 0 Å². The fourth-order valence-corrected chi connectivity index (χ4v) is 1.38. The predicted molar refractivity (Wildman–Crippen MR) is 64.5 cm³/mol. The number of alkyl halides is 3. The number of nitriles is 1. The third kappa shape index (κ3) is 3.92. The van der Waals surface area contributed by atoms with Crippen molar-refractivity contribution in [3.63, 3.8) is 0 Å². The molecule has 0 bridgehead atoms. The number of rotatable bonds is 4. The SMILES string of the molecule is N#CC(=CNc1cc(OC(F)(F)F)ccc1F)c1nn[nH]n1. The molecule has 0 radical (unpaired) electrons. The van der Waals surface area contributed by atoms with Crippen molar-refractivity contribution >= 4 is 11.3 Å². The molecular weight excluding hydrogens is 308 g/mol. The molecule has 22 heavy (non-hydrogen) atoms. The van der Waals surface area contributed by atoms with Gasteiger partial charge in [-0.05, 0) is 17.3 Å². The van der Waals surface area contributed by atoms with E-state index in [1.807, 2.05) is 0 Å². The largest absolute Gasteiger partial charge is 0.573 e. The summed E-state index contributed by atoms with van der Waals surface area (Å²) < 4.78 is 53.5. The zero-order valence-corrected chi connectivity index (χ0v) is 10.5. The van der Waals surface area contributed by atoms with Gasteiger partial charge in [0.1, 0.15) is 23.2 Å². The first kappa shape index (κ1) is 15.2. The van der Waals surface area contributed by atoms with Crippen molar-refractivity contribution in [3.8, 4) is 11.8 Å². The fourth-order valence-electron chi connectivity index (χ4n) is 1.38. The van der Waals surface area contributed by atoms with E-state index in [1.165, 1.54) is 0 Å². The Morgan fingerprint density at radius 3 is 2.77 bits per heavy atom. The Hall–Kier alpha value is -3.16. The topological polar surface area (TPSA) is 99.5 Å². The average Bonchev–Trinajstić information content (AvgIpc) is 2.95. The van der Waals surface area contributed by atoms with Crippen LogP contribution in [0.2, 0.25) is 0 Å². The lowest BCUT2D eigenvalue weighted by Gasteiger charge is -2.10. The second-order valence-electron chi connectivity index (χ2n) is 3.74. The zero-order chi connectivity index (χ0) is 16.2. The van der Waals surface area contributed by atoms with Crippen LogP contribution in [0.25, 0.3) is 5.57 Å². The Kier molecular flexibility index (Phi) is 4.21. The minimum atomic E-state index is -4.90. The van der Waals surface area contributed by atoms with E-state index in [2.05, 4.69) is 30.7 Å². The smallest absolute Gasteiger partial charge is 0.406 e. The second kappa shape index (κ2) is 6.08. The van der Waals surface area contributed by atoms with E-state index >= 15 is 0 Å². The maximum atomic E-state index is 13.5. The summed E-state index contributed by atoms with van der Waals surface area (Å²) in [5.74, 6) is -1.50. The molecule has 0 unspecified atom stereocenters. The first-order valence-electron chi connectivity index (χ1n) is 5.55. The summed E-state index contributed by atoms with van der Waals surface area (Å²) in [6, 6.07) is 4.13. The number of ether oxygens (including phenoxy) is 1. The molecule has 7 nitrogen and oxygen atoms in total. The normalized spacial score (nSPS) is 11.9. The number of nitrogens with zero attached hydrogens (tertiary/aromatic N) is 4. The van der Waals surface area contributed by atoms with Crippen molar-refractivity contribution in [1.82, 2.24) is 20.6 Å². The van der Waals surface area contributed by atoms with Crippen molar-refractivity contribution in [3.05, 3.63) is 36.0 Å². The number of halogens is 4. The van der Waals surface area contributed by atoms with E-state index in [1.54, 1.807) is 6.07 Å². The standard InChI is InChI=1S/C11H6F4N6O/c12-8-2-1-7(22-11(13,14)15)3-9(8)17-5-6(4-16)10-18-20-21-19-10/h1-3,5,17H,(H,18,19,20,21). The Morgan fingerprint density at radius 1 is 1.41 bits per heavy atom. The van der Waals surface area contributed by atoms with Gasteiger partial charge in [0.2, 0.25) is 5.82 Å². The summed E-state index contributed by atoms with van der Waals surface area (Å²) in [5.41, 5.74) is -0.423. The minimum absolute atomic E-state index is 0.0573. The number of aromatic amines is 1. The summed E-state index contributed by atoms with van der Waals surface area (Å²) in [7, 11) is 0. The number of H-pyrrole nitrogens is 1. The van der Waals surface area contributed by atoms with Gasteiger partial charge >= 0.3 is 6.36 Å². The number of hydrogen-bond acceptors (Lipinski definition) is 6. The molecule has 0 amide bonds. The number of anilines is 1. The number of nitrogens with one attached hydrogen (secondary N) is 2. The maximum absolute atomic E-state index is 13.5. The Bertz CT molecular complexity index is 719. The van der Waals surface area contributed by atoms with Gasteiger partial charge < -0.3 is 10.1 Å². The highest BCUT2D eigenvalue weighted by Crippen LogP contribution is 2.27. The first-order chi connectivity index (χ1) is 10.4. The molecular formula is C11H6F4N6O. The Balaban J connectivity index is 2.22. The maximum Gasteiger partial charge on any atom is 0.573 e. The third-order valence-electron chi connectivity index (χ3n) is 2.25. The van der Waals surface area contributed by atoms with E-state index in [0.717, 1.165) is 24.4 Å². The van der Waals surface area contributed by atoms with Crippen LogP contribution in [-0.4, -0.2) is 27.0 Å². The van der Waals surface area contributed by atoms with Crippen LogP contribution in [0.3, 0.4) is 0 Å². The molecule has 0 aliphatic rings. The number of benzene rings is 1. The molecule has 1 aromatic carbocycles. The van der Waals surface area contributed by atoms with Crippen LogP contribution in [0.5, 0.6) is 5.75 Å². The molecule has 2 N–H and O–H groups in total. The number of hydrogen-bond donors (Lipinski definition) is 2. The van der Waals surface area contributed by atoms with Gasteiger partial charge in [-0.1, -0.05) is 0 Å². The number of allylic oxidation sites excluding steroid dienone is 1. The van der Waals surface area contributed by atoms with Crippen molar-refractivity contribution < 1.29 is 22.3 Å². The van der Waals surface area contributed by atoms with E-state index in [9.17, 15) is 17.6 Å². The molecule has 0 saturated heterocycles. The summed E-state index contributed by atoms with van der Waals surface area (Å²) in [6.07, 6.45) is -3.87. The molecule has 2 aromatic rings.